The number of aliphatic hydroxyl groups is 1. The van der Waals surface area contributed by atoms with Gasteiger partial charge in [0.1, 0.15) is 47.5 Å². The van der Waals surface area contributed by atoms with Crippen molar-refractivity contribution >= 4 is 51.4 Å². The van der Waals surface area contributed by atoms with Crippen LogP contribution in [0.1, 0.15) is 5.56 Å². The van der Waals surface area contributed by atoms with Gasteiger partial charge >= 0.3 is 0 Å². The number of halogens is 3. The Hall–Kier alpha value is -3.85. The molecule has 15 heteroatoms. The lowest BCUT2D eigenvalue weighted by atomic mass is 9.92. The summed E-state index contributed by atoms with van der Waals surface area (Å²) < 4.78 is 32.7. The van der Waals surface area contributed by atoms with E-state index in [-0.39, 0.29) is 16.8 Å². The van der Waals surface area contributed by atoms with Crippen LogP contribution in [0.25, 0.3) is 16.0 Å². The number of hydrogen-bond acceptors (Lipinski definition) is 8. The summed E-state index contributed by atoms with van der Waals surface area (Å²) in [5.41, 5.74) is -1.73. The summed E-state index contributed by atoms with van der Waals surface area (Å²) >= 11 is 12.5. The molecule has 0 fully saturated rings. The first-order valence-corrected chi connectivity index (χ1v) is 12.9. The molecule has 2 aromatic carbocycles. The number of amides is 1. The van der Waals surface area contributed by atoms with Crippen LogP contribution in [0, 0.1) is 15.6 Å². The number of aromatic nitrogens is 6. The van der Waals surface area contributed by atoms with Crippen molar-refractivity contribution in [3.05, 3.63) is 98.0 Å². The molecule has 1 atom stereocenters. The van der Waals surface area contributed by atoms with Gasteiger partial charge in [-0.2, -0.15) is 5.10 Å². The van der Waals surface area contributed by atoms with Crippen molar-refractivity contribution in [1.82, 2.24) is 34.2 Å². The van der Waals surface area contributed by atoms with Crippen molar-refractivity contribution in [2.45, 2.75) is 18.7 Å². The summed E-state index contributed by atoms with van der Waals surface area (Å²) in [7, 11) is 0. The van der Waals surface area contributed by atoms with E-state index in [1.54, 1.807) is 28.8 Å². The molecule has 0 spiro atoms. The zero-order valence-electron chi connectivity index (χ0n) is 19.8. The minimum Gasteiger partial charge on any atom is -0.381 e. The number of carbonyl (C=O) groups excluding carboxylic acids is 1. The van der Waals surface area contributed by atoms with E-state index in [1.165, 1.54) is 23.7 Å². The smallest absolute Gasteiger partial charge is 0.273 e. The maximum Gasteiger partial charge on any atom is 0.273 e. The van der Waals surface area contributed by atoms with E-state index in [1.807, 2.05) is 0 Å². The van der Waals surface area contributed by atoms with Crippen molar-refractivity contribution in [1.29, 1.82) is 0 Å². The lowest BCUT2D eigenvalue weighted by molar-refractivity contribution is -0.123. The third-order valence-corrected chi connectivity index (χ3v) is 7.46. The maximum atomic E-state index is 14.6. The van der Waals surface area contributed by atoms with Gasteiger partial charge in [0.15, 0.2) is 9.60 Å². The molecule has 3 heterocycles. The minimum absolute atomic E-state index is 0.247. The molecule has 1 amide bonds. The SMILES string of the molecule is O=C(Cn1cnc2c(sc(=S)n2-c2ccc(Cl)cc2)c1=O)NCC(O)(Cn1cncn1)c1ccc(F)cc1F. The quantitative estimate of drug-likeness (QED) is 0.267. The van der Waals surface area contributed by atoms with E-state index in [9.17, 15) is 23.5 Å². The molecule has 0 aliphatic heterocycles. The van der Waals surface area contributed by atoms with Crippen LogP contribution in [0.4, 0.5) is 8.78 Å². The summed E-state index contributed by atoms with van der Waals surface area (Å²) in [5.74, 6) is -2.47. The number of fused-ring (bicyclic) bond motifs is 1. The highest BCUT2D eigenvalue weighted by Crippen LogP contribution is 2.26. The number of nitrogens with zero attached hydrogens (tertiary/aromatic N) is 6. The van der Waals surface area contributed by atoms with E-state index >= 15 is 0 Å². The first-order chi connectivity index (χ1) is 18.6. The average molecular weight is 590 g/mol. The van der Waals surface area contributed by atoms with E-state index in [0.717, 1.165) is 28.0 Å². The fraction of sp³-hybridized carbons (Fsp3) is 0.167. The van der Waals surface area contributed by atoms with Gasteiger partial charge in [0.05, 0.1) is 13.1 Å². The second kappa shape index (κ2) is 10.7. The van der Waals surface area contributed by atoms with Gasteiger partial charge in [-0.1, -0.05) is 29.0 Å². The van der Waals surface area contributed by atoms with E-state index in [2.05, 4.69) is 20.4 Å². The number of benzene rings is 2. The predicted octanol–water partition coefficient (Wildman–Crippen LogP) is 3.21. The van der Waals surface area contributed by atoms with Gasteiger partial charge in [0.2, 0.25) is 5.91 Å². The van der Waals surface area contributed by atoms with Crippen LogP contribution >= 0.6 is 35.2 Å². The summed E-state index contributed by atoms with van der Waals surface area (Å²) in [6.07, 6.45) is 3.75. The van der Waals surface area contributed by atoms with Gasteiger partial charge in [0, 0.05) is 22.3 Å². The Bertz CT molecular complexity index is 1790. The highest BCUT2D eigenvalue weighted by atomic mass is 35.5. The number of hydrogen-bond donors (Lipinski definition) is 2. The standard InChI is InChI=1S/C24H18ClF2N7O3S2/c25-14-1-4-16(5-2-14)34-21-20(39-23(34)38)22(36)32(13-30-21)8-19(35)29-9-24(37,10-33-12-28-11-31-33)17-6-3-15(26)7-18(17)27/h1-7,11-13,37H,8-10H2,(H,29,35). The molecule has 1 unspecified atom stereocenters. The zero-order valence-corrected chi connectivity index (χ0v) is 22.2. The van der Waals surface area contributed by atoms with Gasteiger partial charge in [-0.05, 0) is 42.5 Å². The van der Waals surface area contributed by atoms with Crippen LogP contribution in [-0.4, -0.2) is 46.4 Å². The van der Waals surface area contributed by atoms with E-state index in [0.29, 0.717) is 26.4 Å². The normalized spacial score (nSPS) is 12.9. The van der Waals surface area contributed by atoms with E-state index < -0.39 is 41.8 Å². The third kappa shape index (κ3) is 5.49. The van der Waals surface area contributed by atoms with Crippen LogP contribution < -0.4 is 10.9 Å². The molecular weight excluding hydrogens is 572 g/mol. The molecule has 0 saturated carbocycles. The van der Waals surface area contributed by atoms with Crippen molar-refractivity contribution in [3.8, 4) is 5.69 Å². The molecule has 5 rings (SSSR count). The first kappa shape index (κ1) is 26.7. The summed E-state index contributed by atoms with van der Waals surface area (Å²) in [4.78, 5) is 34.1. The van der Waals surface area contributed by atoms with Gasteiger partial charge in [-0.3, -0.25) is 18.7 Å². The summed E-state index contributed by atoms with van der Waals surface area (Å²) in [5, 5.41) is 18.3. The van der Waals surface area contributed by atoms with Crippen LogP contribution in [-0.2, 0) is 23.5 Å². The average Bonchev–Trinajstić information content (AvgIpc) is 3.52. The molecule has 200 valence electrons. The van der Waals surface area contributed by atoms with E-state index in [4.69, 9.17) is 23.8 Å². The van der Waals surface area contributed by atoms with Crippen LogP contribution in [0.3, 0.4) is 0 Å². The molecule has 0 bridgehead atoms. The van der Waals surface area contributed by atoms with Crippen LogP contribution in [0.5, 0.6) is 0 Å². The molecular formula is C24H18ClF2N7O3S2. The molecule has 2 N–H and O–H groups in total. The molecule has 3 aromatic heterocycles. The fourth-order valence-electron chi connectivity index (χ4n) is 4.00. The molecule has 10 nitrogen and oxygen atoms in total. The van der Waals surface area contributed by atoms with Crippen molar-refractivity contribution in [3.63, 3.8) is 0 Å². The Morgan fingerprint density at radius 1 is 1.18 bits per heavy atom. The second-order valence-electron chi connectivity index (χ2n) is 8.54. The molecule has 39 heavy (non-hydrogen) atoms. The topological polar surface area (TPSA) is 120 Å². The molecule has 5 aromatic rings. The van der Waals surface area contributed by atoms with Crippen molar-refractivity contribution < 1.29 is 18.7 Å². The van der Waals surface area contributed by atoms with Gasteiger partial charge in [-0.25, -0.2) is 23.4 Å². The van der Waals surface area contributed by atoms with Crippen molar-refractivity contribution in [2.24, 2.45) is 0 Å². The second-order valence-corrected chi connectivity index (χ2v) is 10.6. The number of thiazole rings is 1. The highest BCUT2D eigenvalue weighted by molar-refractivity contribution is 7.73. The largest absolute Gasteiger partial charge is 0.381 e. The van der Waals surface area contributed by atoms with Gasteiger partial charge in [0.25, 0.3) is 5.56 Å². The van der Waals surface area contributed by atoms with Crippen molar-refractivity contribution in [2.75, 3.05) is 6.54 Å². The summed E-state index contributed by atoms with van der Waals surface area (Å²) in [6.45, 7) is -1.19. The lowest BCUT2D eigenvalue weighted by Gasteiger charge is -2.29. The number of carbonyl (C=O) groups is 1. The molecule has 0 aliphatic rings. The predicted molar refractivity (Wildman–Crippen MR) is 142 cm³/mol. The fourth-order valence-corrected chi connectivity index (χ4v) is 5.47. The number of nitrogens with one attached hydrogen (secondary N) is 1. The Morgan fingerprint density at radius 2 is 1.95 bits per heavy atom. The Kier molecular flexibility index (Phi) is 7.36. The number of rotatable bonds is 8. The monoisotopic (exact) mass is 589 g/mol. The molecule has 0 saturated heterocycles. The highest BCUT2D eigenvalue weighted by Gasteiger charge is 2.34. The third-order valence-electron chi connectivity index (χ3n) is 5.86. The maximum absolute atomic E-state index is 14.6. The first-order valence-electron chi connectivity index (χ1n) is 11.3. The Balaban J connectivity index is 1.38. The molecule has 0 aliphatic carbocycles. The van der Waals surface area contributed by atoms with Crippen LogP contribution in [0.2, 0.25) is 5.02 Å². The van der Waals surface area contributed by atoms with Gasteiger partial charge in [-0.15, -0.1) is 0 Å². The molecule has 0 radical (unpaired) electrons. The Morgan fingerprint density at radius 3 is 2.64 bits per heavy atom. The van der Waals surface area contributed by atoms with Crippen LogP contribution in [0.15, 0.2) is 66.2 Å². The Labute approximate surface area is 232 Å². The minimum atomic E-state index is -2.01. The lowest BCUT2D eigenvalue weighted by Crippen LogP contribution is -2.45. The van der Waals surface area contributed by atoms with Gasteiger partial charge < -0.3 is 10.4 Å². The zero-order chi connectivity index (χ0) is 27.7. The summed E-state index contributed by atoms with van der Waals surface area (Å²) in [6, 6.07) is 9.59.